The van der Waals surface area contributed by atoms with Crippen LogP contribution in [-0.2, 0) is 12.1 Å². The smallest absolute Gasteiger partial charge is 0.162 e. The molecule has 1 fully saturated rings. The van der Waals surface area contributed by atoms with Gasteiger partial charge < -0.3 is 9.84 Å². The highest BCUT2D eigenvalue weighted by Gasteiger charge is 2.38. The number of nitrogens with zero attached hydrogens (tertiary/aromatic N) is 2. The van der Waals surface area contributed by atoms with Crippen molar-refractivity contribution >= 4 is 0 Å². The van der Waals surface area contributed by atoms with E-state index in [9.17, 15) is 5.11 Å². The van der Waals surface area contributed by atoms with Crippen molar-refractivity contribution in [2.24, 2.45) is 11.8 Å². The number of rotatable bonds is 4. The lowest BCUT2D eigenvalue weighted by Gasteiger charge is -2.28. The summed E-state index contributed by atoms with van der Waals surface area (Å²) >= 11 is 0. The minimum atomic E-state index is -0.790. The van der Waals surface area contributed by atoms with E-state index in [0.29, 0.717) is 11.8 Å². The van der Waals surface area contributed by atoms with Gasteiger partial charge in [0.2, 0.25) is 0 Å². The van der Waals surface area contributed by atoms with Crippen LogP contribution in [-0.4, -0.2) is 22.0 Å². The summed E-state index contributed by atoms with van der Waals surface area (Å²) in [7, 11) is 1.65. The van der Waals surface area contributed by atoms with E-state index in [1.807, 2.05) is 11.6 Å². The SMILES string of the molecule is CCn1ncc(OC)c1C1(O)CCCC(C(C)C)CC1. The van der Waals surface area contributed by atoms with Crippen LogP contribution in [0.1, 0.15) is 58.6 Å². The molecule has 1 N–H and O–H groups in total. The third-order valence-corrected chi connectivity index (χ3v) is 4.80. The summed E-state index contributed by atoms with van der Waals surface area (Å²) < 4.78 is 7.30. The monoisotopic (exact) mass is 280 g/mol. The number of hydrogen-bond donors (Lipinski definition) is 1. The molecule has 0 aromatic carbocycles. The molecule has 1 aromatic rings. The van der Waals surface area contributed by atoms with Gasteiger partial charge in [-0.25, -0.2) is 0 Å². The Morgan fingerprint density at radius 1 is 1.45 bits per heavy atom. The van der Waals surface area contributed by atoms with Crippen molar-refractivity contribution in [3.8, 4) is 5.75 Å². The fraction of sp³-hybridized carbons (Fsp3) is 0.812. The van der Waals surface area contributed by atoms with Crippen LogP contribution in [0.15, 0.2) is 6.20 Å². The van der Waals surface area contributed by atoms with Gasteiger partial charge in [-0.3, -0.25) is 4.68 Å². The third kappa shape index (κ3) is 2.85. The fourth-order valence-electron chi connectivity index (χ4n) is 3.48. The number of methoxy groups -OCH3 is 1. The lowest BCUT2D eigenvalue weighted by molar-refractivity contribution is 0.00828. The summed E-state index contributed by atoms with van der Waals surface area (Å²) in [6, 6.07) is 0. The molecule has 0 aliphatic heterocycles. The highest BCUT2D eigenvalue weighted by molar-refractivity contribution is 5.31. The quantitative estimate of drug-likeness (QED) is 0.861. The van der Waals surface area contributed by atoms with Crippen LogP contribution in [0, 0.1) is 11.8 Å². The van der Waals surface area contributed by atoms with Gasteiger partial charge in [-0.1, -0.05) is 20.3 Å². The third-order valence-electron chi connectivity index (χ3n) is 4.80. The summed E-state index contributed by atoms with van der Waals surface area (Å²) in [5, 5.41) is 15.5. The lowest BCUT2D eigenvalue weighted by atomic mass is 9.86. The normalized spacial score (nSPS) is 27.6. The number of aliphatic hydroxyl groups is 1. The second-order valence-electron chi connectivity index (χ2n) is 6.34. The molecule has 4 nitrogen and oxygen atoms in total. The minimum Gasteiger partial charge on any atom is -0.493 e. The van der Waals surface area contributed by atoms with Gasteiger partial charge in [-0.05, 0) is 44.4 Å². The average molecular weight is 280 g/mol. The first-order valence-electron chi connectivity index (χ1n) is 7.84. The molecule has 1 heterocycles. The maximum absolute atomic E-state index is 11.2. The molecule has 2 atom stereocenters. The minimum absolute atomic E-state index is 0.690. The molecule has 2 rings (SSSR count). The van der Waals surface area contributed by atoms with E-state index in [-0.39, 0.29) is 0 Å². The molecule has 1 aliphatic rings. The molecule has 0 bridgehead atoms. The molecule has 2 unspecified atom stereocenters. The van der Waals surface area contributed by atoms with Crippen LogP contribution in [0.3, 0.4) is 0 Å². The summed E-state index contributed by atoms with van der Waals surface area (Å²) in [6.45, 7) is 7.37. The highest BCUT2D eigenvalue weighted by Crippen LogP contribution is 2.42. The van der Waals surface area contributed by atoms with Crippen molar-refractivity contribution in [2.75, 3.05) is 7.11 Å². The predicted molar refractivity (Wildman–Crippen MR) is 79.8 cm³/mol. The summed E-state index contributed by atoms with van der Waals surface area (Å²) in [5.74, 6) is 2.13. The lowest BCUT2D eigenvalue weighted by Crippen LogP contribution is -2.29. The highest BCUT2D eigenvalue weighted by atomic mass is 16.5. The Bertz CT molecular complexity index is 420. The molecule has 114 valence electrons. The number of aryl methyl sites for hydroxylation is 1. The molecule has 0 saturated heterocycles. The molecule has 0 spiro atoms. The topological polar surface area (TPSA) is 47.3 Å². The van der Waals surface area contributed by atoms with E-state index < -0.39 is 5.60 Å². The molecule has 0 amide bonds. The maximum atomic E-state index is 11.2. The Balaban J connectivity index is 2.28. The van der Waals surface area contributed by atoms with E-state index in [1.165, 1.54) is 6.42 Å². The maximum Gasteiger partial charge on any atom is 0.162 e. The van der Waals surface area contributed by atoms with Crippen LogP contribution in [0.4, 0.5) is 0 Å². The zero-order valence-corrected chi connectivity index (χ0v) is 13.2. The first-order chi connectivity index (χ1) is 9.51. The van der Waals surface area contributed by atoms with Crippen LogP contribution in [0.2, 0.25) is 0 Å². The molecule has 20 heavy (non-hydrogen) atoms. The first-order valence-corrected chi connectivity index (χ1v) is 7.84. The Labute approximate surface area is 122 Å². The number of aromatic nitrogens is 2. The van der Waals surface area contributed by atoms with E-state index in [4.69, 9.17) is 4.74 Å². The van der Waals surface area contributed by atoms with Crippen LogP contribution in [0.5, 0.6) is 5.75 Å². The van der Waals surface area contributed by atoms with Crippen molar-refractivity contribution in [1.29, 1.82) is 0 Å². The van der Waals surface area contributed by atoms with Gasteiger partial charge in [-0.2, -0.15) is 5.10 Å². The van der Waals surface area contributed by atoms with Gasteiger partial charge in [0.15, 0.2) is 5.75 Å². The first kappa shape index (κ1) is 15.4. The van der Waals surface area contributed by atoms with Crippen LogP contribution >= 0.6 is 0 Å². The van der Waals surface area contributed by atoms with Gasteiger partial charge >= 0.3 is 0 Å². The Morgan fingerprint density at radius 2 is 2.20 bits per heavy atom. The largest absolute Gasteiger partial charge is 0.493 e. The number of hydrogen-bond acceptors (Lipinski definition) is 3. The number of ether oxygens (including phenoxy) is 1. The Hall–Kier alpha value is -1.03. The van der Waals surface area contributed by atoms with Crippen LogP contribution < -0.4 is 4.74 Å². The van der Waals surface area contributed by atoms with E-state index in [2.05, 4.69) is 18.9 Å². The second-order valence-corrected chi connectivity index (χ2v) is 6.34. The predicted octanol–water partition coefficient (Wildman–Crippen LogP) is 3.34. The van der Waals surface area contributed by atoms with Crippen molar-refractivity contribution in [3.05, 3.63) is 11.9 Å². The molecule has 1 aromatic heterocycles. The van der Waals surface area contributed by atoms with E-state index >= 15 is 0 Å². The summed E-state index contributed by atoms with van der Waals surface area (Å²) in [6.07, 6.45) is 6.68. The fourth-order valence-corrected chi connectivity index (χ4v) is 3.48. The van der Waals surface area contributed by atoms with Crippen molar-refractivity contribution in [2.45, 2.75) is 65.0 Å². The molecule has 1 saturated carbocycles. The van der Waals surface area contributed by atoms with Crippen molar-refractivity contribution in [3.63, 3.8) is 0 Å². The van der Waals surface area contributed by atoms with Gasteiger partial charge in [0, 0.05) is 6.54 Å². The van der Waals surface area contributed by atoms with Gasteiger partial charge in [0.05, 0.1) is 13.3 Å². The average Bonchev–Trinajstić information content (AvgIpc) is 2.75. The molecule has 1 aliphatic carbocycles. The standard InChI is InChI=1S/C16H28N2O2/c1-5-18-15(14(20-4)11-17-18)16(19)9-6-7-13(8-10-16)12(2)3/h11-13,19H,5-10H2,1-4H3. The summed E-state index contributed by atoms with van der Waals surface area (Å²) in [5.41, 5.74) is 0.0773. The van der Waals surface area contributed by atoms with Gasteiger partial charge in [0.25, 0.3) is 0 Å². The van der Waals surface area contributed by atoms with Crippen molar-refractivity contribution in [1.82, 2.24) is 9.78 Å². The van der Waals surface area contributed by atoms with E-state index in [1.54, 1.807) is 13.3 Å². The zero-order chi connectivity index (χ0) is 14.8. The van der Waals surface area contributed by atoms with Crippen molar-refractivity contribution < 1.29 is 9.84 Å². The molecule has 4 heteroatoms. The molecular formula is C16H28N2O2. The molecular weight excluding hydrogens is 252 g/mol. The Kier molecular flexibility index (Phi) is 4.74. The van der Waals surface area contributed by atoms with E-state index in [0.717, 1.165) is 43.7 Å². The van der Waals surface area contributed by atoms with Crippen LogP contribution in [0.25, 0.3) is 0 Å². The molecule has 0 radical (unpaired) electrons. The second kappa shape index (κ2) is 6.17. The van der Waals surface area contributed by atoms with Gasteiger partial charge in [-0.15, -0.1) is 0 Å². The van der Waals surface area contributed by atoms with Gasteiger partial charge in [0.1, 0.15) is 11.3 Å². The zero-order valence-electron chi connectivity index (χ0n) is 13.2. The Morgan fingerprint density at radius 3 is 2.80 bits per heavy atom. The summed E-state index contributed by atoms with van der Waals surface area (Å²) in [4.78, 5) is 0.